The fourth-order valence-electron chi connectivity index (χ4n) is 1.65. The molecule has 0 aliphatic carbocycles. The van der Waals surface area contributed by atoms with E-state index < -0.39 is 0 Å². The SMILES string of the molecule is CCOC(=O)c1ccc(CCCC(C)N)cc1. The largest absolute Gasteiger partial charge is 0.462 e. The fourth-order valence-corrected chi connectivity index (χ4v) is 1.65. The summed E-state index contributed by atoms with van der Waals surface area (Å²) < 4.78 is 4.92. The monoisotopic (exact) mass is 235 g/mol. The Hall–Kier alpha value is -1.35. The molecule has 0 saturated carbocycles. The van der Waals surface area contributed by atoms with Crippen LogP contribution in [0, 0.1) is 0 Å². The van der Waals surface area contributed by atoms with E-state index in [9.17, 15) is 4.79 Å². The first kappa shape index (κ1) is 13.7. The summed E-state index contributed by atoms with van der Waals surface area (Å²) in [7, 11) is 0. The number of carbonyl (C=O) groups excluding carboxylic acids is 1. The lowest BCUT2D eigenvalue weighted by Gasteiger charge is -2.06. The quantitative estimate of drug-likeness (QED) is 0.771. The van der Waals surface area contributed by atoms with Crippen LogP contribution in [-0.2, 0) is 11.2 Å². The molecule has 0 bridgehead atoms. The average Bonchev–Trinajstić information content (AvgIpc) is 2.30. The molecule has 0 amide bonds. The van der Waals surface area contributed by atoms with Crippen molar-refractivity contribution in [2.75, 3.05) is 6.61 Å². The molecule has 1 aromatic rings. The van der Waals surface area contributed by atoms with Gasteiger partial charge in [-0.15, -0.1) is 0 Å². The summed E-state index contributed by atoms with van der Waals surface area (Å²) >= 11 is 0. The van der Waals surface area contributed by atoms with Gasteiger partial charge in [0, 0.05) is 6.04 Å². The Morgan fingerprint density at radius 2 is 2.00 bits per heavy atom. The van der Waals surface area contributed by atoms with Crippen LogP contribution in [0.5, 0.6) is 0 Å². The van der Waals surface area contributed by atoms with E-state index in [0.29, 0.717) is 12.2 Å². The van der Waals surface area contributed by atoms with Crippen LogP contribution in [-0.4, -0.2) is 18.6 Å². The second-order valence-electron chi connectivity index (χ2n) is 4.29. The molecule has 0 aliphatic heterocycles. The van der Waals surface area contributed by atoms with Gasteiger partial charge in [0.15, 0.2) is 0 Å². The highest BCUT2D eigenvalue weighted by Gasteiger charge is 2.05. The topological polar surface area (TPSA) is 52.3 Å². The number of ether oxygens (including phenoxy) is 1. The zero-order valence-electron chi connectivity index (χ0n) is 10.6. The maximum absolute atomic E-state index is 11.4. The summed E-state index contributed by atoms with van der Waals surface area (Å²) in [4.78, 5) is 11.4. The van der Waals surface area contributed by atoms with Crippen LogP contribution in [0.1, 0.15) is 42.6 Å². The van der Waals surface area contributed by atoms with Crippen molar-refractivity contribution in [2.24, 2.45) is 5.73 Å². The Labute approximate surface area is 103 Å². The maximum Gasteiger partial charge on any atom is 0.338 e. The minimum atomic E-state index is -0.255. The zero-order valence-corrected chi connectivity index (χ0v) is 10.6. The van der Waals surface area contributed by atoms with Gasteiger partial charge in [0.05, 0.1) is 12.2 Å². The number of hydrogen-bond acceptors (Lipinski definition) is 3. The predicted molar refractivity (Wildman–Crippen MR) is 69.0 cm³/mol. The molecule has 17 heavy (non-hydrogen) atoms. The molecular weight excluding hydrogens is 214 g/mol. The summed E-state index contributed by atoms with van der Waals surface area (Å²) in [6, 6.07) is 7.85. The van der Waals surface area contributed by atoms with E-state index in [1.807, 2.05) is 31.2 Å². The third-order valence-electron chi connectivity index (χ3n) is 2.59. The first-order valence-corrected chi connectivity index (χ1v) is 6.15. The van der Waals surface area contributed by atoms with E-state index in [1.165, 1.54) is 5.56 Å². The molecule has 2 N–H and O–H groups in total. The van der Waals surface area contributed by atoms with Gasteiger partial charge in [-0.2, -0.15) is 0 Å². The van der Waals surface area contributed by atoms with Crippen molar-refractivity contribution in [1.29, 1.82) is 0 Å². The number of aryl methyl sites for hydroxylation is 1. The lowest BCUT2D eigenvalue weighted by molar-refractivity contribution is 0.0526. The molecule has 1 aromatic carbocycles. The molecule has 1 atom stereocenters. The van der Waals surface area contributed by atoms with Crippen molar-refractivity contribution >= 4 is 5.97 Å². The van der Waals surface area contributed by atoms with E-state index >= 15 is 0 Å². The highest BCUT2D eigenvalue weighted by Crippen LogP contribution is 2.09. The van der Waals surface area contributed by atoms with E-state index in [2.05, 4.69) is 0 Å². The van der Waals surface area contributed by atoms with Crippen LogP contribution in [0.25, 0.3) is 0 Å². The molecule has 0 saturated heterocycles. The van der Waals surface area contributed by atoms with Crippen LogP contribution < -0.4 is 5.73 Å². The van der Waals surface area contributed by atoms with Crippen molar-refractivity contribution in [3.8, 4) is 0 Å². The molecule has 1 unspecified atom stereocenters. The highest BCUT2D eigenvalue weighted by atomic mass is 16.5. The number of rotatable bonds is 6. The Balaban J connectivity index is 2.47. The van der Waals surface area contributed by atoms with Crippen molar-refractivity contribution in [2.45, 2.75) is 39.2 Å². The Morgan fingerprint density at radius 1 is 1.35 bits per heavy atom. The van der Waals surface area contributed by atoms with Gasteiger partial charge in [0.2, 0.25) is 0 Å². The van der Waals surface area contributed by atoms with Gasteiger partial charge in [-0.05, 0) is 50.8 Å². The lowest BCUT2D eigenvalue weighted by Crippen LogP contribution is -2.14. The van der Waals surface area contributed by atoms with Crippen molar-refractivity contribution < 1.29 is 9.53 Å². The molecule has 1 rings (SSSR count). The molecule has 0 aromatic heterocycles. The van der Waals surface area contributed by atoms with Crippen LogP contribution >= 0.6 is 0 Å². The molecule has 0 heterocycles. The minimum Gasteiger partial charge on any atom is -0.462 e. The molecule has 0 fully saturated rings. The summed E-state index contributed by atoms with van der Waals surface area (Å²) in [6.07, 6.45) is 3.11. The highest BCUT2D eigenvalue weighted by molar-refractivity contribution is 5.89. The van der Waals surface area contributed by atoms with Crippen LogP contribution in [0.2, 0.25) is 0 Å². The number of hydrogen-bond donors (Lipinski definition) is 1. The van der Waals surface area contributed by atoms with Gasteiger partial charge >= 0.3 is 5.97 Å². The molecule has 0 spiro atoms. The van der Waals surface area contributed by atoms with Gasteiger partial charge in [-0.1, -0.05) is 12.1 Å². The van der Waals surface area contributed by atoms with Gasteiger partial charge < -0.3 is 10.5 Å². The Morgan fingerprint density at radius 3 is 2.53 bits per heavy atom. The third kappa shape index (κ3) is 5.00. The summed E-state index contributed by atoms with van der Waals surface area (Å²) in [5, 5.41) is 0. The molecule has 3 heteroatoms. The van der Waals surface area contributed by atoms with E-state index in [1.54, 1.807) is 6.92 Å². The third-order valence-corrected chi connectivity index (χ3v) is 2.59. The van der Waals surface area contributed by atoms with Crippen molar-refractivity contribution in [1.82, 2.24) is 0 Å². The number of nitrogens with two attached hydrogens (primary N) is 1. The standard InChI is InChI=1S/C14H21NO2/c1-3-17-14(16)13-9-7-12(8-10-13)6-4-5-11(2)15/h7-11H,3-6,15H2,1-2H3. The number of esters is 1. The Bertz CT molecular complexity index is 344. The number of carbonyl (C=O) groups is 1. The first-order valence-electron chi connectivity index (χ1n) is 6.15. The summed E-state index contributed by atoms with van der Waals surface area (Å²) in [5.41, 5.74) is 7.54. The molecule has 94 valence electrons. The van der Waals surface area contributed by atoms with Crippen LogP contribution in [0.15, 0.2) is 24.3 Å². The van der Waals surface area contributed by atoms with Gasteiger partial charge in [-0.25, -0.2) is 4.79 Å². The fraction of sp³-hybridized carbons (Fsp3) is 0.500. The zero-order chi connectivity index (χ0) is 12.7. The van der Waals surface area contributed by atoms with E-state index in [4.69, 9.17) is 10.5 Å². The minimum absolute atomic E-state index is 0.255. The molecule has 3 nitrogen and oxygen atoms in total. The lowest BCUT2D eigenvalue weighted by atomic mass is 10.0. The van der Waals surface area contributed by atoms with E-state index in [-0.39, 0.29) is 12.0 Å². The molecule has 0 aliphatic rings. The van der Waals surface area contributed by atoms with Gasteiger partial charge in [-0.3, -0.25) is 0 Å². The maximum atomic E-state index is 11.4. The van der Waals surface area contributed by atoms with Crippen molar-refractivity contribution in [3.05, 3.63) is 35.4 Å². The van der Waals surface area contributed by atoms with Crippen molar-refractivity contribution in [3.63, 3.8) is 0 Å². The second-order valence-corrected chi connectivity index (χ2v) is 4.29. The smallest absolute Gasteiger partial charge is 0.338 e. The van der Waals surface area contributed by atoms with Gasteiger partial charge in [0.1, 0.15) is 0 Å². The summed E-state index contributed by atoms with van der Waals surface area (Å²) in [5.74, 6) is -0.255. The normalized spacial score (nSPS) is 12.2. The van der Waals surface area contributed by atoms with E-state index in [0.717, 1.165) is 19.3 Å². The van der Waals surface area contributed by atoms with Crippen LogP contribution in [0.3, 0.4) is 0 Å². The Kier molecular flexibility index (Phi) is 5.70. The van der Waals surface area contributed by atoms with Gasteiger partial charge in [0.25, 0.3) is 0 Å². The predicted octanol–water partition coefficient (Wildman–Crippen LogP) is 2.53. The second kappa shape index (κ2) is 7.07. The average molecular weight is 235 g/mol. The first-order chi connectivity index (χ1) is 8.13. The number of benzene rings is 1. The van der Waals surface area contributed by atoms with Crippen LogP contribution in [0.4, 0.5) is 0 Å². The molecule has 0 radical (unpaired) electrons. The summed E-state index contributed by atoms with van der Waals surface area (Å²) in [6.45, 7) is 4.24. The molecular formula is C14H21NO2.